The Morgan fingerprint density at radius 2 is 1.09 bits per heavy atom. The molecule has 0 saturated heterocycles. The van der Waals surface area contributed by atoms with Crippen molar-refractivity contribution in [1.29, 1.82) is 0 Å². The Kier molecular flexibility index (Phi) is 13.7. The number of ether oxygens (including phenoxy) is 6. The summed E-state index contributed by atoms with van der Waals surface area (Å²) < 4.78 is 34.5. The second-order valence-electron chi connectivity index (χ2n) is 10.2. The quantitative estimate of drug-likeness (QED) is 0.163. The van der Waals surface area contributed by atoms with Crippen molar-refractivity contribution in [1.82, 2.24) is 0 Å². The van der Waals surface area contributed by atoms with Crippen molar-refractivity contribution in [2.24, 2.45) is 5.92 Å². The second kappa shape index (κ2) is 17.7. The van der Waals surface area contributed by atoms with Gasteiger partial charge in [0.25, 0.3) is 0 Å². The molecule has 43 heavy (non-hydrogen) atoms. The molecule has 0 spiro atoms. The van der Waals surface area contributed by atoms with Gasteiger partial charge in [0.2, 0.25) is 11.5 Å². The smallest absolute Gasteiger partial charge is 0.203 e. The van der Waals surface area contributed by atoms with Gasteiger partial charge in [-0.2, -0.15) is 0 Å². The normalized spacial score (nSPS) is 13.2. The zero-order chi connectivity index (χ0) is 31.0. The predicted molar refractivity (Wildman–Crippen MR) is 175 cm³/mol. The van der Waals surface area contributed by atoms with E-state index in [1.165, 1.54) is 12.8 Å². The van der Waals surface area contributed by atoms with E-state index in [-0.39, 0.29) is 0 Å². The summed E-state index contributed by atoms with van der Waals surface area (Å²) in [5.41, 5.74) is 10.1. The first-order valence-corrected chi connectivity index (χ1v) is 15.1. The molecule has 6 nitrogen and oxygen atoms in total. The molecule has 1 atom stereocenters. The molecule has 6 heteroatoms. The van der Waals surface area contributed by atoms with Gasteiger partial charge in [-0.15, -0.1) is 0 Å². The maximum Gasteiger partial charge on any atom is 0.203 e. The van der Waals surface area contributed by atoms with Crippen LogP contribution in [0.25, 0.3) is 12.2 Å². The van der Waals surface area contributed by atoms with Crippen LogP contribution in [-0.4, -0.2) is 41.7 Å². The van der Waals surface area contributed by atoms with Gasteiger partial charge >= 0.3 is 0 Å². The number of unbranched alkanes of at least 4 members (excludes halogenated alkanes) is 1. The summed E-state index contributed by atoms with van der Waals surface area (Å²) in [6.45, 7) is 7.72. The third kappa shape index (κ3) is 9.64. The average Bonchev–Trinajstić information content (AvgIpc) is 3.05. The van der Waals surface area contributed by atoms with Gasteiger partial charge in [0.05, 0.1) is 41.7 Å². The fraction of sp³-hybridized carbons (Fsp3) is 0.405. The molecule has 0 N–H and O–H groups in total. The third-order valence-electron chi connectivity index (χ3n) is 7.13. The summed E-state index contributed by atoms with van der Waals surface area (Å²) in [6, 6.07) is 7.78. The summed E-state index contributed by atoms with van der Waals surface area (Å²) in [4.78, 5) is 0. The fourth-order valence-corrected chi connectivity index (χ4v) is 4.55. The molecule has 0 radical (unpaired) electrons. The van der Waals surface area contributed by atoms with Crippen LogP contribution in [0.2, 0.25) is 0 Å². The van der Waals surface area contributed by atoms with Crippen molar-refractivity contribution in [3.8, 4) is 34.5 Å². The van der Waals surface area contributed by atoms with Gasteiger partial charge in [0.1, 0.15) is 0 Å². The number of hydrogen-bond donors (Lipinski definition) is 0. The zero-order valence-corrected chi connectivity index (χ0v) is 26.8. The summed E-state index contributed by atoms with van der Waals surface area (Å²) >= 11 is 0. The topological polar surface area (TPSA) is 55.4 Å². The maximum absolute atomic E-state index is 6.22. The molecule has 1 unspecified atom stereocenters. The van der Waals surface area contributed by atoms with Crippen molar-refractivity contribution in [3.63, 3.8) is 0 Å². The van der Waals surface area contributed by atoms with E-state index < -0.39 is 0 Å². The SMILES string of the molecule is CCCCC(CC)COc1c(OC)cc(/C=C/C2=C=C=C(/C=C/c3cc(OC)c(OCCC)c(OC)c3)C=C2)cc1OC. The minimum absolute atomic E-state index is 0.509. The minimum atomic E-state index is 0.509. The van der Waals surface area contributed by atoms with E-state index in [1.54, 1.807) is 28.4 Å². The second-order valence-corrected chi connectivity index (χ2v) is 10.2. The lowest BCUT2D eigenvalue weighted by molar-refractivity contribution is 0.215. The number of benzene rings is 2. The molecule has 0 fully saturated rings. The zero-order valence-electron chi connectivity index (χ0n) is 26.8. The van der Waals surface area contributed by atoms with Gasteiger partial charge < -0.3 is 28.4 Å². The highest BCUT2D eigenvalue weighted by atomic mass is 16.5. The van der Waals surface area contributed by atoms with E-state index in [0.29, 0.717) is 53.6 Å². The van der Waals surface area contributed by atoms with E-state index in [9.17, 15) is 0 Å². The molecule has 1 aliphatic rings. The number of rotatable bonds is 18. The Hall–Kier alpha value is -4.24. The van der Waals surface area contributed by atoms with Crippen molar-refractivity contribution >= 4 is 12.2 Å². The van der Waals surface area contributed by atoms with Crippen LogP contribution in [0.1, 0.15) is 64.0 Å². The Balaban J connectivity index is 1.78. The molecule has 1 aliphatic carbocycles. The van der Waals surface area contributed by atoms with Crippen LogP contribution in [-0.2, 0) is 0 Å². The van der Waals surface area contributed by atoms with Crippen molar-refractivity contribution in [3.05, 3.63) is 82.3 Å². The molecule has 2 aromatic carbocycles. The first-order chi connectivity index (χ1) is 21.0. The molecule has 0 heterocycles. The van der Waals surface area contributed by atoms with E-state index >= 15 is 0 Å². The summed E-state index contributed by atoms with van der Waals surface area (Å²) in [7, 11) is 6.56. The lowest BCUT2D eigenvalue weighted by atomic mass is 10.0. The van der Waals surface area contributed by atoms with Crippen molar-refractivity contribution < 1.29 is 28.4 Å². The van der Waals surface area contributed by atoms with Crippen LogP contribution in [0.3, 0.4) is 0 Å². The van der Waals surface area contributed by atoms with E-state index in [0.717, 1.165) is 41.5 Å². The van der Waals surface area contributed by atoms with Crippen molar-refractivity contribution in [2.45, 2.75) is 52.9 Å². The van der Waals surface area contributed by atoms with Crippen LogP contribution in [0, 0.1) is 5.92 Å². The summed E-state index contributed by atoms with van der Waals surface area (Å²) in [6.07, 6.45) is 17.5. The largest absolute Gasteiger partial charge is 0.493 e. The van der Waals surface area contributed by atoms with Gasteiger partial charge in [0.15, 0.2) is 23.0 Å². The van der Waals surface area contributed by atoms with E-state index in [4.69, 9.17) is 28.4 Å². The Morgan fingerprint density at radius 1 is 0.628 bits per heavy atom. The maximum atomic E-state index is 6.22. The van der Waals surface area contributed by atoms with Crippen molar-refractivity contribution in [2.75, 3.05) is 41.7 Å². The molecule has 0 aliphatic heterocycles. The average molecular weight is 587 g/mol. The van der Waals surface area contributed by atoms with Gasteiger partial charge in [-0.3, -0.25) is 0 Å². The Morgan fingerprint density at radius 3 is 1.47 bits per heavy atom. The van der Waals surface area contributed by atoms with Crippen LogP contribution in [0.5, 0.6) is 34.5 Å². The van der Waals surface area contributed by atoms with Crippen LogP contribution >= 0.6 is 0 Å². The fourth-order valence-electron chi connectivity index (χ4n) is 4.55. The number of methoxy groups -OCH3 is 4. The molecule has 2 aromatic rings. The van der Waals surface area contributed by atoms with E-state index in [1.807, 2.05) is 60.7 Å². The highest BCUT2D eigenvalue weighted by Crippen LogP contribution is 2.40. The third-order valence-corrected chi connectivity index (χ3v) is 7.13. The number of hydrogen-bond acceptors (Lipinski definition) is 6. The predicted octanol–water partition coefficient (Wildman–Crippen LogP) is 9.01. The molecule has 0 bridgehead atoms. The Labute approximate surface area is 257 Å². The van der Waals surface area contributed by atoms with Crippen LogP contribution in [0.15, 0.2) is 71.2 Å². The minimum Gasteiger partial charge on any atom is -0.493 e. The van der Waals surface area contributed by atoms with E-state index in [2.05, 4.69) is 32.2 Å². The first-order valence-electron chi connectivity index (χ1n) is 15.1. The molecule has 230 valence electrons. The van der Waals surface area contributed by atoms with Gasteiger partial charge in [-0.1, -0.05) is 63.6 Å². The van der Waals surface area contributed by atoms with Gasteiger partial charge in [-0.05, 0) is 78.5 Å². The van der Waals surface area contributed by atoms with Crippen LogP contribution < -0.4 is 28.4 Å². The van der Waals surface area contributed by atoms with Gasteiger partial charge in [-0.25, -0.2) is 0 Å². The highest BCUT2D eigenvalue weighted by Gasteiger charge is 2.16. The number of allylic oxidation sites excluding steroid dienone is 6. The molecule has 0 saturated carbocycles. The lowest BCUT2D eigenvalue weighted by Gasteiger charge is -2.19. The summed E-state index contributed by atoms with van der Waals surface area (Å²) in [5.74, 6) is 4.34. The summed E-state index contributed by atoms with van der Waals surface area (Å²) in [5, 5.41) is 0. The molecule has 3 rings (SSSR count). The van der Waals surface area contributed by atoms with Crippen LogP contribution in [0.4, 0.5) is 0 Å². The Bertz CT molecular complexity index is 1350. The van der Waals surface area contributed by atoms with Gasteiger partial charge in [0, 0.05) is 11.1 Å². The highest BCUT2D eigenvalue weighted by molar-refractivity contribution is 5.66. The molecule has 0 aromatic heterocycles. The molecule has 0 amide bonds. The standard InChI is InChI=1S/C37H46O6/c1-8-11-12-27(10-3)26-43-37-34(40-6)24-31(25-35(37)41-7)20-18-29-15-13-28(14-16-29)17-19-30-22-32(38-4)36(42-21-9-2)33(23-30)39-5/h13,15,17-20,22-25,27H,8-12,21,26H2,1-7H3/b19-17+,20-18+. The first kappa shape index (κ1) is 33.3. The lowest BCUT2D eigenvalue weighted by Crippen LogP contribution is -2.12. The molecular formula is C37H46O6. The monoisotopic (exact) mass is 586 g/mol. The molecular weight excluding hydrogens is 540 g/mol.